The van der Waals surface area contributed by atoms with Crippen LogP contribution >= 0.6 is 0 Å². The fraction of sp³-hybridized carbons (Fsp3) is 1.00. The molecule has 2 nitrogen and oxygen atoms in total. The minimum atomic E-state index is -0.123. The Morgan fingerprint density at radius 2 is 1.62 bits per heavy atom. The summed E-state index contributed by atoms with van der Waals surface area (Å²) in [4.78, 5) is 0. The van der Waals surface area contributed by atoms with Crippen LogP contribution in [-0.4, -0.2) is 17.8 Å². The van der Waals surface area contributed by atoms with Gasteiger partial charge in [-0.15, -0.1) is 0 Å². The predicted octanol–water partition coefficient (Wildman–Crippen LogP) is 3.47. The molecule has 3 N–H and O–H groups in total. The van der Waals surface area contributed by atoms with Crippen LogP contribution in [0.15, 0.2) is 0 Å². The number of hydrogen-bond acceptors (Lipinski definition) is 2. The molecule has 0 aliphatic carbocycles. The standard InChI is InChI=1S/C14H31NO/c1-3-5-7-8-10-14(16)11-13(12-15)9-6-4-2/h13-14,16H,3-12,15H2,1-2H3. The highest BCUT2D eigenvalue weighted by atomic mass is 16.3. The summed E-state index contributed by atoms with van der Waals surface area (Å²) in [5.74, 6) is 0.529. The molecule has 0 saturated heterocycles. The number of aliphatic hydroxyl groups excluding tert-OH is 1. The van der Waals surface area contributed by atoms with E-state index in [1.807, 2.05) is 0 Å². The van der Waals surface area contributed by atoms with E-state index in [4.69, 9.17) is 5.73 Å². The Kier molecular flexibility index (Phi) is 11.3. The van der Waals surface area contributed by atoms with Crippen LogP contribution in [0, 0.1) is 5.92 Å². The Balaban J connectivity index is 3.53. The Morgan fingerprint density at radius 3 is 2.19 bits per heavy atom. The summed E-state index contributed by atoms with van der Waals surface area (Å²) in [6.07, 6.45) is 10.4. The summed E-state index contributed by atoms with van der Waals surface area (Å²) in [6, 6.07) is 0. The molecule has 0 radical (unpaired) electrons. The quantitative estimate of drug-likeness (QED) is 0.533. The van der Waals surface area contributed by atoms with Crippen LogP contribution < -0.4 is 5.73 Å². The van der Waals surface area contributed by atoms with Crippen molar-refractivity contribution in [2.24, 2.45) is 11.7 Å². The van der Waals surface area contributed by atoms with Crippen molar-refractivity contribution in [1.29, 1.82) is 0 Å². The maximum absolute atomic E-state index is 9.89. The molecule has 2 heteroatoms. The number of nitrogens with two attached hydrogens (primary N) is 1. The first kappa shape index (κ1) is 15.9. The van der Waals surface area contributed by atoms with E-state index in [-0.39, 0.29) is 6.10 Å². The first-order valence-electron chi connectivity index (χ1n) is 7.12. The predicted molar refractivity (Wildman–Crippen MR) is 71.5 cm³/mol. The van der Waals surface area contributed by atoms with Gasteiger partial charge in [-0.2, -0.15) is 0 Å². The molecular weight excluding hydrogens is 198 g/mol. The number of aliphatic hydroxyl groups is 1. The fourth-order valence-corrected chi connectivity index (χ4v) is 2.13. The molecule has 2 atom stereocenters. The highest BCUT2D eigenvalue weighted by Crippen LogP contribution is 2.17. The zero-order chi connectivity index (χ0) is 12.2. The summed E-state index contributed by atoms with van der Waals surface area (Å²) in [5.41, 5.74) is 5.73. The zero-order valence-electron chi connectivity index (χ0n) is 11.3. The molecular formula is C14H31NO. The van der Waals surface area contributed by atoms with Crippen LogP contribution in [-0.2, 0) is 0 Å². The highest BCUT2D eigenvalue weighted by molar-refractivity contribution is 4.66. The smallest absolute Gasteiger partial charge is 0.0543 e. The minimum Gasteiger partial charge on any atom is -0.393 e. The van der Waals surface area contributed by atoms with Crippen molar-refractivity contribution in [3.05, 3.63) is 0 Å². The molecule has 0 rings (SSSR count). The molecule has 0 fully saturated rings. The maximum Gasteiger partial charge on any atom is 0.0543 e. The van der Waals surface area contributed by atoms with Gasteiger partial charge in [0.25, 0.3) is 0 Å². The molecule has 0 saturated carbocycles. The average molecular weight is 229 g/mol. The van der Waals surface area contributed by atoms with E-state index < -0.39 is 0 Å². The van der Waals surface area contributed by atoms with Gasteiger partial charge in [-0.25, -0.2) is 0 Å². The van der Waals surface area contributed by atoms with Crippen LogP contribution in [0.1, 0.15) is 71.6 Å². The summed E-state index contributed by atoms with van der Waals surface area (Å²) in [5, 5.41) is 9.89. The Labute approximate surface area is 102 Å². The average Bonchev–Trinajstić information content (AvgIpc) is 2.30. The molecule has 0 heterocycles. The summed E-state index contributed by atoms with van der Waals surface area (Å²) >= 11 is 0. The van der Waals surface area contributed by atoms with Gasteiger partial charge < -0.3 is 10.8 Å². The van der Waals surface area contributed by atoms with E-state index in [1.54, 1.807) is 0 Å². The van der Waals surface area contributed by atoms with Crippen molar-refractivity contribution in [1.82, 2.24) is 0 Å². The van der Waals surface area contributed by atoms with Crippen LogP contribution in [0.3, 0.4) is 0 Å². The first-order chi connectivity index (χ1) is 7.74. The van der Waals surface area contributed by atoms with E-state index in [2.05, 4.69) is 13.8 Å². The SMILES string of the molecule is CCCCCCC(O)CC(CN)CCCC. The number of unbranched alkanes of at least 4 members (excludes halogenated alkanes) is 4. The van der Waals surface area contributed by atoms with Gasteiger partial charge in [0.15, 0.2) is 0 Å². The second-order valence-electron chi connectivity index (χ2n) is 4.98. The van der Waals surface area contributed by atoms with Gasteiger partial charge in [0, 0.05) is 0 Å². The van der Waals surface area contributed by atoms with Crippen molar-refractivity contribution >= 4 is 0 Å². The van der Waals surface area contributed by atoms with Gasteiger partial charge >= 0.3 is 0 Å². The molecule has 0 spiro atoms. The van der Waals surface area contributed by atoms with Crippen LogP contribution in [0.25, 0.3) is 0 Å². The topological polar surface area (TPSA) is 46.2 Å². The van der Waals surface area contributed by atoms with Gasteiger partial charge in [0.05, 0.1) is 6.10 Å². The second-order valence-corrected chi connectivity index (χ2v) is 4.98. The fourth-order valence-electron chi connectivity index (χ4n) is 2.13. The van der Waals surface area contributed by atoms with Gasteiger partial charge in [-0.05, 0) is 31.7 Å². The van der Waals surface area contributed by atoms with Gasteiger partial charge in [0.2, 0.25) is 0 Å². The van der Waals surface area contributed by atoms with Crippen LogP contribution in [0.4, 0.5) is 0 Å². The first-order valence-corrected chi connectivity index (χ1v) is 7.12. The molecule has 2 unspecified atom stereocenters. The lowest BCUT2D eigenvalue weighted by atomic mass is 9.93. The lowest BCUT2D eigenvalue weighted by Crippen LogP contribution is -2.21. The van der Waals surface area contributed by atoms with E-state index in [0.717, 1.165) is 19.4 Å². The lowest BCUT2D eigenvalue weighted by Gasteiger charge is -2.18. The Morgan fingerprint density at radius 1 is 0.938 bits per heavy atom. The summed E-state index contributed by atoms with van der Waals surface area (Å²) in [6.45, 7) is 5.15. The normalized spacial score (nSPS) is 15.0. The largest absolute Gasteiger partial charge is 0.393 e. The zero-order valence-corrected chi connectivity index (χ0v) is 11.3. The summed E-state index contributed by atoms with van der Waals surface area (Å²) in [7, 11) is 0. The third-order valence-corrected chi connectivity index (χ3v) is 3.30. The maximum atomic E-state index is 9.89. The Bertz CT molecular complexity index is 139. The monoisotopic (exact) mass is 229 g/mol. The van der Waals surface area contributed by atoms with Crippen LogP contribution in [0.5, 0.6) is 0 Å². The molecule has 0 amide bonds. The van der Waals surface area contributed by atoms with Crippen molar-refractivity contribution in [3.8, 4) is 0 Å². The van der Waals surface area contributed by atoms with Gasteiger partial charge in [0.1, 0.15) is 0 Å². The van der Waals surface area contributed by atoms with Crippen LogP contribution in [0.2, 0.25) is 0 Å². The molecule has 98 valence electrons. The Hall–Kier alpha value is -0.0800. The van der Waals surface area contributed by atoms with E-state index in [9.17, 15) is 5.11 Å². The molecule has 0 aromatic carbocycles. The second kappa shape index (κ2) is 11.4. The molecule has 16 heavy (non-hydrogen) atoms. The van der Waals surface area contributed by atoms with E-state index in [0.29, 0.717) is 5.92 Å². The lowest BCUT2D eigenvalue weighted by molar-refractivity contribution is 0.128. The van der Waals surface area contributed by atoms with Crippen molar-refractivity contribution in [3.63, 3.8) is 0 Å². The van der Waals surface area contributed by atoms with Crippen molar-refractivity contribution in [2.75, 3.05) is 6.54 Å². The third-order valence-electron chi connectivity index (χ3n) is 3.30. The van der Waals surface area contributed by atoms with Gasteiger partial charge in [-0.1, -0.05) is 52.4 Å². The summed E-state index contributed by atoms with van der Waals surface area (Å²) < 4.78 is 0. The van der Waals surface area contributed by atoms with Crippen molar-refractivity contribution < 1.29 is 5.11 Å². The molecule has 0 bridgehead atoms. The minimum absolute atomic E-state index is 0.123. The molecule has 0 aromatic rings. The number of hydrogen-bond donors (Lipinski definition) is 2. The molecule has 0 aliphatic rings. The van der Waals surface area contributed by atoms with E-state index in [1.165, 1.54) is 44.9 Å². The highest BCUT2D eigenvalue weighted by Gasteiger charge is 2.12. The van der Waals surface area contributed by atoms with E-state index >= 15 is 0 Å². The third kappa shape index (κ3) is 9.17. The molecule has 0 aromatic heterocycles. The molecule has 0 aliphatic heterocycles. The number of rotatable bonds is 11. The van der Waals surface area contributed by atoms with Gasteiger partial charge in [-0.3, -0.25) is 0 Å². The van der Waals surface area contributed by atoms with Crippen molar-refractivity contribution in [2.45, 2.75) is 77.7 Å².